The van der Waals surface area contributed by atoms with Gasteiger partial charge in [-0.2, -0.15) is 0 Å². The molecule has 23 heavy (non-hydrogen) atoms. The van der Waals surface area contributed by atoms with Crippen molar-refractivity contribution in [2.45, 2.75) is 13.0 Å². The summed E-state index contributed by atoms with van der Waals surface area (Å²) in [7, 11) is 3.32. The highest BCUT2D eigenvalue weighted by atomic mass is 16.6. The third-order valence-corrected chi connectivity index (χ3v) is 2.99. The molecule has 0 aliphatic heterocycles. The van der Waals surface area contributed by atoms with Crippen molar-refractivity contribution in [2.75, 3.05) is 40.5 Å². The van der Waals surface area contributed by atoms with Gasteiger partial charge in [-0.15, -0.1) is 0 Å². The fraction of sp³-hybridized carbons (Fsp3) is 0.533. The van der Waals surface area contributed by atoms with Crippen LogP contribution >= 0.6 is 0 Å². The third-order valence-electron chi connectivity index (χ3n) is 2.99. The Balaban J connectivity index is 2.26. The normalized spacial score (nSPS) is 11.3. The van der Waals surface area contributed by atoms with Crippen molar-refractivity contribution in [1.29, 1.82) is 0 Å². The zero-order valence-electron chi connectivity index (χ0n) is 13.6. The van der Waals surface area contributed by atoms with Crippen LogP contribution in [0.2, 0.25) is 0 Å². The number of hydrogen-bond acceptors (Lipinski definition) is 5. The van der Waals surface area contributed by atoms with Gasteiger partial charge in [0.15, 0.2) is 5.96 Å². The van der Waals surface area contributed by atoms with E-state index in [2.05, 4.69) is 15.6 Å². The number of rotatable bonds is 10. The number of guanidine groups is 1. The summed E-state index contributed by atoms with van der Waals surface area (Å²) in [4.78, 5) is 14.5. The number of nitro benzene ring substituents is 1. The smallest absolute Gasteiger partial charge is 0.269 e. The first-order valence-electron chi connectivity index (χ1n) is 7.42. The predicted octanol–water partition coefficient (Wildman–Crippen LogP) is 1.31. The van der Waals surface area contributed by atoms with Gasteiger partial charge >= 0.3 is 0 Å². The molecule has 0 atom stereocenters. The van der Waals surface area contributed by atoms with Crippen LogP contribution in [0.1, 0.15) is 12.0 Å². The van der Waals surface area contributed by atoms with Gasteiger partial charge in [-0.05, 0) is 12.0 Å². The lowest BCUT2D eigenvalue weighted by molar-refractivity contribution is -0.384. The van der Waals surface area contributed by atoms with E-state index in [4.69, 9.17) is 9.47 Å². The van der Waals surface area contributed by atoms with Gasteiger partial charge in [0.1, 0.15) is 0 Å². The zero-order valence-corrected chi connectivity index (χ0v) is 13.6. The molecule has 0 fully saturated rings. The Morgan fingerprint density at radius 3 is 2.83 bits per heavy atom. The van der Waals surface area contributed by atoms with Crippen molar-refractivity contribution < 1.29 is 14.4 Å². The van der Waals surface area contributed by atoms with Crippen molar-refractivity contribution in [3.63, 3.8) is 0 Å². The molecule has 0 radical (unpaired) electrons. The van der Waals surface area contributed by atoms with Crippen LogP contribution in [-0.2, 0) is 16.0 Å². The molecular weight excluding hydrogens is 300 g/mol. The molecule has 0 bridgehead atoms. The number of nitrogens with zero attached hydrogens (tertiary/aromatic N) is 2. The van der Waals surface area contributed by atoms with Crippen LogP contribution in [0.3, 0.4) is 0 Å². The Kier molecular flexibility index (Phi) is 9.34. The van der Waals surface area contributed by atoms with Crippen LogP contribution in [0.4, 0.5) is 5.69 Å². The molecule has 0 spiro atoms. The highest BCUT2D eigenvalue weighted by molar-refractivity contribution is 5.79. The van der Waals surface area contributed by atoms with Gasteiger partial charge in [0, 0.05) is 46.0 Å². The quantitative estimate of drug-likeness (QED) is 0.221. The highest BCUT2D eigenvalue weighted by Gasteiger charge is 2.06. The average molecular weight is 324 g/mol. The summed E-state index contributed by atoms with van der Waals surface area (Å²) in [6, 6.07) is 6.52. The fourth-order valence-corrected chi connectivity index (χ4v) is 1.81. The van der Waals surface area contributed by atoms with Crippen molar-refractivity contribution in [2.24, 2.45) is 4.99 Å². The van der Waals surface area contributed by atoms with Crippen LogP contribution in [-0.4, -0.2) is 51.4 Å². The number of nitro groups is 1. The Morgan fingerprint density at radius 1 is 1.30 bits per heavy atom. The van der Waals surface area contributed by atoms with E-state index in [0.29, 0.717) is 32.3 Å². The van der Waals surface area contributed by atoms with E-state index in [0.717, 1.165) is 18.5 Å². The number of ether oxygens (including phenoxy) is 2. The average Bonchev–Trinajstić information content (AvgIpc) is 2.57. The summed E-state index contributed by atoms with van der Waals surface area (Å²) in [6.07, 6.45) is 0.848. The molecule has 1 aromatic carbocycles. The van der Waals surface area contributed by atoms with Crippen LogP contribution in [0, 0.1) is 10.1 Å². The van der Waals surface area contributed by atoms with Crippen LogP contribution in [0.25, 0.3) is 0 Å². The summed E-state index contributed by atoms with van der Waals surface area (Å²) in [5.41, 5.74) is 0.908. The van der Waals surface area contributed by atoms with E-state index < -0.39 is 4.92 Å². The summed E-state index contributed by atoms with van der Waals surface area (Å²) in [5, 5.41) is 17.0. The van der Waals surface area contributed by atoms with E-state index in [1.54, 1.807) is 26.3 Å². The van der Waals surface area contributed by atoms with Crippen molar-refractivity contribution >= 4 is 11.6 Å². The lowest BCUT2D eigenvalue weighted by Crippen LogP contribution is -2.37. The molecule has 8 nitrogen and oxygen atoms in total. The first-order chi connectivity index (χ1) is 11.2. The molecule has 8 heteroatoms. The van der Waals surface area contributed by atoms with Gasteiger partial charge in [0.25, 0.3) is 5.69 Å². The molecule has 0 aromatic heterocycles. The summed E-state index contributed by atoms with van der Waals surface area (Å²) in [5.74, 6) is 0.647. The molecule has 0 unspecified atom stereocenters. The number of non-ortho nitro benzene ring substituents is 1. The summed E-state index contributed by atoms with van der Waals surface area (Å²) >= 11 is 0. The number of nitrogens with one attached hydrogen (secondary N) is 2. The molecule has 1 rings (SSSR count). The number of benzene rings is 1. The van der Waals surface area contributed by atoms with Crippen LogP contribution in [0.5, 0.6) is 0 Å². The molecule has 0 aliphatic carbocycles. The Hall–Kier alpha value is -2.19. The maximum absolute atomic E-state index is 10.7. The largest absolute Gasteiger partial charge is 0.382 e. The van der Waals surface area contributed by atoms with E-state index in [1.807, 2.05) is 6.07 Å². The van der Waals surface area contributed by atoms with Crippen LogP contribution < -0.4 is 10.6 Å². The second-order valence-electron chi connectivity index (χ2n) is 4.74. The first kappa shape index (κ1) is 18.9. The molecule has 128 valence electrons. The molecule has 0 saturated carbocycles. The lowest BCUT2D eigenvalue weighted by atomic mass is 10.2. The van der Waals surface area contributed by atoms with E-state index in [1.165, 1.54) is 6.07 Å². The van der Waals surface area contributed by atoms with Gasteiger partial charge in [0.2, 0.25) is 0 Å². The van der Waals surface area contributed by atoms with Gasteiger partial charge in [-0.3, -0.25) is 15.1 Å². The molecule has 0 aliphatic rings. The maximum atomic E-state index is 10.7. The van der Waals surface area contributed by atoms with Gasteiger partial charge < -0.3 is 20.1 Å². The monoisotopic (exact) mass is 324 g/mol. The van der Waals surface area contributed by atoms with Crippen molar-refractivity contribution in [3.8, 4) is 0 Å². The number of aliphatic imine (C=N–C) groups is 1. The van der Waals surface area contributed by atoms with Gasteiger partial charge in [-0.25, -0.2) is 0 Å². The molecular formula is C15H24N4O4. The Labute approximate surface area is 136 Å². The second kappa shape index (κ2) is 11.4. The molecule has 0 heterocycles. The number of methoxy groups -OCH3 is 1. The van der Waals surface area contributed by atoms with Gasteiger partial charge in [0.05, 0.1) is 18.1 Å². The topological polar surface area (TPSA) is 98.0 Å². The number of hydrogen-bond donors (Lipinski definition) is 2. The first-order valence-corrected chi connectivity index (χ1v) is 7.42. The van der Waals surface area contributed by atoms with Crippen molar-refractivity contribution in [1.82, 2.24) is 10.6 Å². The van der Waals surface area contributed by atoms with E-state index in [9.17, 15) is 10.1 Å². The minimum Gasteiger partial charge on any atom is -0.382 e. The molecule has 0 amide bonds. The minimum atomic E-state index is -0.403. The summed E-state index contributed by atoms with van der Waals surface area (Å²) in [6.45, 7) is 3.03. The predicted molar refractivity (Wildman–Crippen MR) is 88.6 cm³/mol. The second-order valence-corrected chi connectivity index (χ2v) is 4.74. The summed E-state index contributed by atoms with van der Waals surface area (Å²) < 4.78 is 10.3. The standard InChI is InChI=1S/C15H24N4O4/c1-16-15(17-7-4-8-23-10-9-22-2)18-12-13-5-3-6-14(11-13)19(20)21/h3,5-6,11H,4,7-10,12H2,1-2H3,(H2,16,17,18). The van der Waals surface area contributed by atoms with Crippen LogP contribution in [0.15, 0.2) is 29.3 Å². The minimum absolute atomic E-state index is 0.0838. The van der Waals surface area contributed by atoms with Crippen molar-refractivity contribution in [3.05, 3.63) is 39.9 Å². The van der Waals surface area contributed by atoms with Gasteiger partial charge in [-0.1, -0.05) is 12.1 Å². The molecule has 0 saturated heterocycles. The third kappa shape index (κ3) is 8.12. The molecule has 1 aromatic rings. The fourth-order valence-electron chi connectivity index (χ4n) is 1.81. The van der Waals surface area contributed by atoms with E-state index >= 15 is 0 Å². The zero-order chi connectivity index (χ0) is 16.9. The SMILES string of the molecule is CN=C(NCCCOCCOC)NCc1cccc([N+](=O)[O-])c1. The maximum Gasteiger partial charge on any atom is 0.269 e. The lowest BCUT2D eigenvalue weighted by Gasteiger charge is -2.12. The highest BCUT2D eigenvalue weighted by Crippen LogP contribution is 2.12. The molecule has 2 N–H and O–H groups in total. The Morgan fingerprint density at radius 2 is 2.13 bits per heavy atom. The van der Waals surface area contributed by atoms with E-state index in [-0.39, 0.29) is 5.69 Å². The Bertz CT molecular complexity index is 508.